The first kappa shape index (κ1) is 14.2. The van der Waals surface area contributed by atoms with Gasteiger partial charge in [-0.25, -0.2) is 0 Å². The SMILES string of the molecule is CCC1(CC)CC(N)c2ccc(OC(C)C)cc2O1. The summed E-state index contributed by atoms with van der Waals surface area (Å²) in [7, 11) is 0. The Morgan fingerprint density at radius 3 is 2.63 bits per heavy atom. The highest BCUT2D eigenvalue weighted by molar-refractivity contribution is 5.44. The fourth-order valence-corrected chi connectivity index (χ4v) is 2.72. The van der Waals surface area contributed by atoms with Gasteiger partial charge in [0.05, 0.1) is 6.10 Å². The quantitative estimate of drug-likeness (QED) is 0.898. The predicted octanol–water partition coefficient (Wildman–Crippen LogP) is 3.81. The van der Waals surface area contributed by atoms with E-state index < -0.39 is 0 Å². The molecule has 2 rings (SSSR count). The highest BCUT2D eigenvalue weighted by Gasteiger charge is 2.37. The highest BCUT2D eigenvalue weighted by atomic mass is 16.5. The van der Waals surface area contributed by atoms with Crippen molar-refractivity contribution < 1.29 is 9.47 Å². The smallest absolute Gasteiger partial charge is 0.128 e. The number of nitrogens with two attached hydrogens (primary N) is 1. The van der Waals surface area contributed by atoms with Crippen LogP contribution in [0.3, 0.4) is 0 Å². The summed E-state index contributed by atoms with van der Waals surface area (Å²) in [5, 5.41) is 0. The van der Waals surface area contributed by atoms with Crippen molar-refractivity contribution in [2.45, 2.75) is 64.7 Å². The molecule has 106 valence electrons. The maximum Gasteiger partial charge on any atom is 0.128 e. The molecule has 1 aliphatic heterocycles. The van der Waals surface area contributed by atoms with E-state index >= 15 is 0 Å². The fourth-order valence-electron chi connectivity index (χ4n) is 2.72. The number of fused-ring (bicyclic) bond motifs is 1. The van der Waals surface area contributed by atoms with Crippen LogP contribution in [0.15, 0.2) is 18.2 Å². The van der Waals surface area contributed by atoms with Gasteiger partial charge in [0.2, 0.25) is 0 Å². The molecule has 1 aliphatic rings. The molecule has 0 aromatic heterocycles. The zero-order valence-corrected chi connectivity index (χ0v) is 12.4. The van der Waals surface area contributed by atoms with Crippen LogP contribution in [0.4, 0.5) is 0 Å². The van der Waals surface area contributed by atoms with Crippen LogP contribution in [0.2, 0.25) is 0 Å². The van der Waals surface area contributed by atoms with Crippen molar-refractivity contribution in [3.05, 3.63) is 23.8 Å². The van der Waals surface area contributed by atoms with Gasteiger partial charge in [0.25, 0.3) is 0 Å². The molecule has 0 fully saturated rings. The van der Waals surface area contributed by atoms with E-state index in [4.69, 9.17) is 15.2 Å². The lowest BCUT2D eigenvalue weighted by atomic mass is 9.84. The third-order valence-electron chi connectivity index (χ3n) is 3.96. The molecule has 1 aromatic carbocycles. The van der Waals surface area contributed by atoms with Gasteiger partial charge in [-0.15, -0.1) is 0 Å². The Morgan fingerprint density at radius 2 is 2.05 bits per heavy atom. The van der Waals surface area contributed by atoms with E-state index in [1.54, 1.807) is 0 Å². The van der Waals surface area contributed by atoms with Crippen molar-refractivity contribution in [2.75, 3.05) is 0 Å². The lowest BCUT2D eigenvalue weighted by molar-refractivity contribution is 0.0278. The molecule has 1 atom stereocenters. The van der Waals surface area contributed by atoms with Crippen molar-refractivity contribution in [2.24, 2.45) is 5.73 Å². The Morgan fingerprint density at radius 1 is 1.37 bits per heavy atom. The van der Waals surface area contributed by atoms with E-state index in [0.29, 0.717) is 0 Å². The molecular weight excluding hydrogens is 238 g/mol. The number of ether oxygens (including phenoxy) is 2. The standard InChI is InChI=1S/C16H25NO2/c1-5-16(6-2)10-14(17)13-8-7-12(18-11(3)4)9-15(13)19-16/h7-9,11,14H,5-6,10,17H2,1-4H3. The van der Waals surface area contributed by atoms with Gasteiger partial charge < -0.3 is 15.2 Å². The second-order valence-electron chi connectivity index (χ2n) is 5.67. The molecule has 0 saturated heterocycles. The summed E-state index contributed by atoms with van der Waals surface area (Å²) in [6.07, 6.45) is 3.01. The van der Waals surface area contributed by atoms with Crippen LogP contribution in [0.25, 0.3) is 0 Å². The Balaban J connectivity index is 2.32. The van der Waals surface area contributed by atoms with E-state index in [1.165, 1.54) is 0 Å². The summed E-state index contributed by atoms with van der Waals surface area (Å²) < 4.78 is 12.0. The van der Waals surface area contributed by atoms with E-state index in [0.717, 1.165) is 36.3 Å². The molecule has 0 saturated carbocycles. The van der Waals surface area contributed by atoms with E-state index in [1.807, 2.05) is 32.0 Å². The zero-order valence-electron chi connectivity index (χ0n) is 12.4. The van der Waals surface area contributed by atoms with Crippen molar-refractivity contribution >= 4 is 0 Å². The van der Waals surface area contributed by atoms with Gasteiger partial charge in [0.15, 0.2) is 0 Å². The fraction of sp³-hybridized carbons (Fsp3) is 0.625. The van der Waals surface area contributed by atoms with E-state index in [9.17, 15) is 0 Å². The summed E-state index contributed by atoms with van der Waals surface area (Å²) in [4.78, 5) is 0. The second-order valence-corrected chi connectivity index (χ2v) is 5.67. The van der Waals surface area contributed by atoms with Crippen molar-refractivity contribution in [3.8, 4) is 11.5 Å². The lowest BCUT2D eigenvalue weighted by Gasteiger charge is -2.40. The van der Waals surface area contributed by atoms with Gasteiger partial charge in [0.1, 0.15) is 17.1 Å². The Bertz CT molecular complexity index is 438. The molecule has 0 spiro atoms. The topological polar surface area (TPSA) is 44.5 Å². The minimum absolute atomic E-state index is 0.0525. The van der Waals surface area contributed by atoms with Crippen LogP contribution in [0, 0.1) is 0 Å². The summed E-state index contributed by atoms with van der Waals surface area (Å²) in [6.45, 7) is 8.37. The first-order chi connectivity index (χ1) is 8.99. The summed E-state index contributed by atoms with van der Waals surface area (Å²) in [5.74, 6) is 1.74. The number of benzene rings is 1. The molecular formula is C16H25NO2. The first-order valence-corrected chi connectivity index (χ1v) is 7.25. The maximum absolute atomic E-state index is 6.30. The number of rotatable bonds is 4. The zero-order chi connectivity index (χ0) is 14.0. The third-order valence-corrected chi connectivity index (χ3v) is 3.96. The van der Waals surface area contributed by atoms with Crippen molar-refractivity contribution in [1.82, 2.24) is 0 Å². The molecule has 0 radical (unpaired) electrons. The minimum atomic E-state index is -0.122. The Kier molecular flexibility index (Phi) is 4.04. The summed E-state index contributed by atoms with van der Waals surface area (Å²) in [6, 6.07) is 6.05. The van der Waals surface area contributed by atoms with Gasteiger partial charge in [-0.3, -0.25) is 0 Å². The minimum Gasteiger partial charge on any atom is -0.491 e. The lowest BCUT2D eigenvalue weighted by Crippen LogP contribution is -2.41. The van der Waals surface area contributed by atoms with Crippen LogP contribution in [-0.4, -0.2) is 11.7 Å². The van der Waals surface area contributed by atoms with Gasteiger partial charge >= 0.3 is 0 Å². The van der Waals surface area contributed by atoms with E-state index in [-0.39, 0.29) is 17.7 Å². The molecule has 1 heterocycles. The van der Waals surface area contributed by atoms with Crippen LogP contribution < -0.4 is 15.2 Å². The summed E-state index contributed by atoms with van der Waals surface area (Å²) in [5.41, 5.74) is 7.27. The molecule has 1 aromatic rings. The molecule has 0 amide bonds. The maximum atomic E-state index is 6.30. The molecule has 2 N–H and O–H groups in total. The normalized spacial score (nSPS) is 20.8. The monoisotopic (exact) mass is 263 g/mol. The molecule has 3 nitrogen and oxygen atoms in total. The van der Waals surface area contributed by atoms with Gasteiger partial charge in [-0.2, -0.15) is 0 Å². The van der Waals surface area contributed by atoms with Crippen LogP contribution in [0.5, 0.6) is 11.5 Å². The van der Waals surface area contributed by atoms with Crippen LogP contribution in [0.1, 0.15) is 58.6 Å². The Labute approximate surface area is 116 Å². The predicted molar refractivity (Wildman–Crippen MR) is 77.7 cm³/mol. The second kappa shape index (κ2) is 5.41. The summed E-state index contributed by atoms with van der Waals surface area (Å²) >= 11 is 0. The largest absolute Gasteiger partial charge is 0.491 e. The number of hydrogen-bond donors (Lipinski definition) is 1. The average molecular weight is 263 g/mol. The Hall–Kier alpha value is -1.22. The molecule has 1 unspecified atom stereocenters. The molecule has 19 heavy (non-hydrogen) atoms. The van der Waals surface area contributed by atoms with Crippen LogP contribution >= 0.6 is 0 Å². The van der Waals surface area contributed by atoms with Gasteiger partial charge in [0, 0.05) is 24.1 Å². The van der Waals surface area contributed by atoms with Gasteiger partial charge in [-0.05, 0) is 32.8 Å². The van der Waals surface area contributed by atoms with Crippen molar-refractivity contribution in [3.63, 3.8) is 0 Å². The van der Waals surface area contributed by atoms with Crippen molar-refractivity contribution in [1.29, 1.82) is 0 Å². The van der Waals surface area contributed by atoms with Gasteiger partial charge in [-0.1, -0.05) is 19.9 Å². The van der Waals surface area contributed by atoms with Crippen LogP contribution in [-0.2, 0) is 0 Å². The molecule has 0 bridgehead atoms. The third kappa shape index (κ3) is 2.86. The molecule has 0 aliphatic carbocycles. The highest BCUT2D eigenvalue weighted by Crippen LogP contribution is 2.43. The average Bonchev–Trinajstić information content (AvgIpc) is 2.37. The van der Waals surface area contributed by atoms with E-state index in [2.05, 4.69) is 13.8 Å². The number of hydrogen-bond acceptors (Lipinski definition) is 3. The molecule has 3 heteroatoms. The first-order valence-electron chi connectivity index (χ1n) is 7.25.